The van der Waals surface area contributed by atoms with Crippen LogP contribution in [0.4, 0.5) is 0 Å². The predicted molar refractivity (Wildman–Crippen MR) is 73.6 cm³/mol. The van der Waals surface area contributed by atoms with Gasteiger partial charge in [-0.3, -0.25) is 4.79 Å². The third-order valence-electron chi connectivity index (χ3n) is 2.48. The Morgan fingerprint density at radius 3 is 2.74 bits per heavy atom. The summed E-state index contributed by atoms with van der Waals surface area (Å²) < 4.78 is 4.59. The molecule has 0 amide bonds. The van der Waals surface area contributed by atoms with Gasteiger partial charge < -0.3 is 15.2 Å². The Morgan fingerprint density at radius 2 is 2.11 bits per heavy atom. The number of methoxy groups -OCH3 is 1. The molecule has 0 aliphatic carbocycles. The number of nitrogens with one attached hydrogen (secondary N) is 1. The number of carboxylic acid groups (broad SMARTS) is 1. The zero-order valence-corrected chi connectivity index (χ0v) is 11.7. The van der Waals surface area contributed by atoms with Crippen LogP contribution in [0.1, 0.15) is 17.3 Å². The van der Waals surface area contributed by atoms with E-state index in [0.717, 1.165) is 4.90 Å². The molecular weight excluding hydrogens is 266 g/mol. The lowest BCUT2D eigenvalue weighted by Crippen LogP contribution is -2.36. The Morgan fingerprint density at radius 1 is 1.42 bits per heavy atom. The molecule has 1 unspecified atom stereocenters. The molecule has 0 saturated carbocycles. The molecule has 0 radical (unpaired) electrons. The summed E-state index contributed by atoms with van der Waals surface area (Å²) in [5.41, 5.74) is 0.300. The quantitative estimate of drug-likeness (QED) is 0.450. The molecule has 0 heterocycles. The molecule has 104 valence electrons. The summed E-state index contributed by atoms with van der Waals surface area (Å²) in [6.45, 7) is 2.32. The van der Waals surface area contributed by atoms with Crippen LogP contribution in [0, 0.1) is 0 Å². The molecule has 2 N–H and O–H groups in total. The molecule has 1 aromatic rings. The number of aromatic carboxylic acids is 1. The highest BCUT2D eigenvalue weighted by Crippen LogP contribution is 2.22. The number of benzene rings is 1. The van der Waals surface area contributed by atoms with Crippen LogP contribution >= 0.6 is 11.8 Å². The second-order valence-corrected chi connectivity index (χ2v) is 4.99. The van der Waals surface area contributed by atoms with Gasteiger partial charge in [-0.15, -0.1) is 11.8 Å². The van der Waals surface area contributed by atoms with Crippen molar-refractivity contribution in [3.05, 3.63) is 29.8 Å². The predicted octanol–water partition coefficient (Wildman–Crippen LogP) is 1.63. The molecule has 0 bridgehead atoms. The molecule has 6 heteroatoms. The van der Waals surface area contributed by atoms with Gasteiger partial charge in [0.1, 0.15) is 6.04 Å². The van der Waals surface area contributed by atoms with Crippen molar-refractivity contribution in [2.75, 3.05) is 19.4 Å². The first-order valence-corrected chi connectivity index (χ1v) is 6.81. The fraction of sp³-hybridized carbons (Fsp3) is 0.385. The van der Waals surface area contributed by atoms with E-state index in [9.17, 15) is 9.59 Å². The summed E-state index contributed by atoms with van der Waals surface area (Å²) in [6.07, 6.45) is 0. The molecule has 1 atom stereocenters. The maximum atomic E-state index is 11.2. The standard InChI is InChI=1S/C13H17NO4S/c1-9(13(17)18-2)14-7-8-19-11-6-4-3-5-10(11)12(15)16/h3-6,9,14H,7-8H2,1-2H3,(H,15,16). The van der Waals surface area contributed by atoms with Gasteiger partial charge in [-0.25, -0.2) is 4.79 Å². The van der Waals surface area contributed by atoms with Crippen molar-refractivity contribution >= 4 is 23.7 Å². The van der Waals surface area contributed by atoms with Crippen molar-refractivity contribution in [3.63, 3.8) is 0 Å². The number of hydrogen-bond donors (Lipinski definition) is 2. The second-order valence-electron chi connectivity index (χ2n) is 3.85. The van der Waals surface area contributed by atoms with Gasteiger partial charge in [-0.05, 0) is 19.1 Å². The van der Waals surface area contributed by atoms with Gasteiger partial charge in [-0.1, -0.05) is 12.1 Å². The number of esters is 1. The van der Waals surface area contributed by atoms with Crippen molar-refractivity contribution in [3.8, 4) is 0 Å². The van der Waals surface area contributed by atoms with Crippen molar-refractivity contribution in [1.82, 2.24) is 5.32 Å². The van der Waals surface area contributed by atoms with Crippen molar-refractivity contribution < 1.29 is 19.4 Å². The van der Waals surface area contributed by atoms with Crippen LogP contribution < -0.4 is 5.32 Å². The lowest BCUT2D eigenvalue weighted by atomic mass is 10.2. The van der Waals surface area contributed by atoms with Crippen LogP contribution in [-0.2, 0) is 9.53 Å². The van der Waals surface area contributed by atoms with Crippen LogP contribution in [-0.4, -0.2) is 42.5 Å². The van der Waals surface area contributed by atoms with Crippen molar-refractivity contribution in [2.24, 2.45) is 0 Å². The number of carbonyl (C=O) groups is 2. The van der Waals surface area contributed by atoms with E-state index in [-0.39, 0.29) is 12.0 Å². The largest absolute Gasteiger partial charge is 0.478 e. The van der Waals surface area contributed by atoms with Gasteiger partial charge in [0.15, 0.2) is 0 Å². The minimum Gasteiger partial charge on any atom is -0.478 e. The van der Waals surface area contributed by atoms with E-state index in [1.54, 1.807) is 31.2 Å². The van der Waals surface area contributed by atoms with E-state index in [2.05, 4.69) is 10.1 Å². The highest BCUT2D eigenvalue weighted by atomic mass is 32.2. The molecule has 19 heavy (non-hydrogen) atoms. The van der Waals surface area contributed by atoms with E-state index in [4.69, 9.17) is 5.11 Å². The van der Waals surface area contributed by atoms with Crippen LogP contribution in [0.15, 0.2) is 29.2 Å². The van der Waals surface area contributed by atoms with E-state index in [0.29, 0.717) is 17.9 Å². The number of ether oxygens (including phenoxy) is 1. The van der Waals surface area contributed by atoms with Crippen molar-refractivity contribution in [2.45, 2.75) is 17.9 Å². The number of carboxylic acids is 1. The zero-order valence-electron chi connectivity index (χ0n) is 10.9. The van der Waals surface area contributed by atoms with Gasteiger partial charge >= 0.3 is 11.9 Å². The smallest absolute Gasteiger partial charge is 0.336 e. The van der Waals surface area contributed by atoms with Crippen LogP contribution in [0.3, 0.4) is 0 Å². The number of hydrogen-bond acceptors (Lipinski definition) is 5. The molecule has 0 aliphatic rings. The SMILES string of the molecule is COC(=O)C(C)NCCSc1ccccc1C(=O)O. The number of carbonyl (C=O) groups excluding carboxylic acids is 1. The first-order chi connectivity index (χ1) is 9.06. The van der Waals surface area contributed by atoms with Gasteiger partial charge in [0.2, 0.25) is 0 Å². The summed E-state index contributed by atoms with van der Waals surface area (Å²) >= 11 is 1.44. The molecule has 5 nitrogen and oxygen atoms in total. The summed E-state index contributed by atoms with van der Waals surface area (Å²) in [6, 6.07) is 6.50. The first-order valence-electron chi connectivity index (χ1n) is 5.82. The van der Waals surface area contributed by atoms with E-state index in [1.807, 2.05) is 0 Å². The monoisotopic (exact) mass is 283 g/mol. The molecule has 1 aromatic carbocycles. The molecule has 0 spiro atoms. The lowest BCUT2D eigenvalue weighted by Gasteiger charge is -2.11. The second kappa shape index (κ2) is 7.81. The fourth-order valence-corrected chi connectivity index (χ4v) is 2.39. The molecule has 0 aromatic heterocycles. The molecule has 0 fully saturated rings. The average molecular weight is 283 g/mol. The Bertz CT molecular complexity index is 450. The lowest BCUT2D eigenvalue weighted by molar-refractivity contribution is -0.142. The third-order valence-corrected chi connectivity index (χ3v) is 3.56. The Hall–Kier alpha value is -1.53. The molecular formula is C13H17NO4S. The van der Waals surface area contributed by atoms with E-state index >= 15 is 0 Å². The molecule has 1 rings (SSSR count). The fourth-order valence-electron chi connectivity index (χ4n) is 1.47. The highest BCUT2D eigenvalue weighted by molar-refractivity contribution is 7.99. The summed E-state index contributed by atoms with van der Waals surface area (Å²) in [4.78, 5) is 22.9. The number of rotatable bonds is 7. The normalized spacial score (nSPS) is 11.9. The van der Waals surface area contributed by atoms with Gasteiger partial charge in [0.25, 0.3) is 0 Å². The molecule has 0 saturated heterocycles. The topological polar surface area (TPSA) is 75.6 Å². The van der Waals surface area contributed by atoms with Crippen LogP contribution in [0.5, 0.6) is 0 Å². The van der Waals surface area contributed by atoms with Crippen LogP contribution in [0.2, 0.25) is 0 Å². The highest BCUT2D eigenvalue weighted by Gasteiger charge is 2.12. The average Bonchev–Trinajstić information content (AvgIpc) is 2.42. The number of thioether (sulfide) groups is 1. The maximum Gasteiger partial charge on any atom is 0.336 e. The zero-order chi connectivity index (χ0) is 14.3. The van der Waals surface area contributed by atoms with Gasteiger partial charge in [0, 0.05) is 17.2 Å². The third kappa shape index (κ3) is 4.92. The Labute approximate surface area is 116 Å². The summed E-state index contributed by atoms with van der Waals surface area (Å²) in [5, 5.41) is 12.0. The van der Waals surface area contributed by atoms with Crippen LogP contribution in [0.25, 0.3) is 0 Å². The van der Waals surface area contributed by atoms with E-state index in [1.165, 1.54) is 18.9 Å². The Balaban J connectivity index is 2.42. The van der Waals surface area contributed by atoms with Crippen molar-refractivity contribution in [1.29, 1.82) is 0 Å². The minimum atomic E-state index is -0.931. The Kier molecular flexibility index (Phi) is 6.38. The summed E-state index contributed by atoms with van der Waals surface area (Å²) in [7, 11) is 1.35. The minimum absolute atomic E-state index is 0.300. The van der Waals surface area contributed by atoms with Gasteiger partial charge in [-0.2, -0.15) is 0 Å². The maximum absolute atomic E-state index is 11.2. The van der Waals surface area contributed by atoms with Gasteiger partial charge in [0.05, 0.1) is 12.7 Å². The summed E-state index contributed by atoms with van der Waals surface area (Å²) in [5.74, 6) is -0.569. The first kappa shape index (κ1) is 15.5. The molecule has 0 aliphatic heterocycles. The van der Waals surface area contributed by atoms with E-state index < -0.39 is 5.97 Å².